The number of carbonyl (C=O) groups is 1. The molecule has 0 radical (unpaired) electrons. The highest BCUT2D eigenvalue weighted by atomic mass is 32.2. The molecule has 31 heavy (non-hydrogen) atoms. The van der Waals surface area contributed by atoms with Crippen LogP contribution >= 0.6 is 11.8 Å². The van der Waals surface area contributed by atoms with Crippen molar-refractivity contribution in [2.75, 3.05) is 10.7 Å². The Kier molecular flexibility index (Phi) is 5.71. The molecule has 1 aliphatic heterocycles. The Bertz CT molecular complexity index is 1180. The van der Waals surface area contributed by atoms with E-state index >= 15 is 0 Å². The third kappa shape index (κ3) is 3.90. The molecule has 0 aliphatic carbocycles. The van der Waals surface area contributed by atoms with Crippen LogP contribution in [0.25, 0.3) is 11.3 Å². The van der Waals surface area contributed by atoms with E-state index < -0.39 is 6.23 Å². The highest BCUT2D eigenvalue weighted by Gasteiger charge is 2.36. The van der Waals surface area contributed by atoms with Crippen LogP contribution in [0, 0.1) is 27.7 Å². The molecule has 0 saturated carbocycles. The lowest BCUT2D eigenvalue weighted by Gasteiger charge is -2.31. The lowest BCUT2D eigenvalue weighted by Crippen LogP contribution is -2.36. The van der Waals surface area contributed by atoms with Gasteiger partial charge in [0.2, 0.25) is 23.2 Å². The molecular weight excluding hydrogens is 408 g/mol. The Balaban J connectivity index is 2.02. The number of hydrogen-bond acceptors (Lipinski definition) is 6. The lowest BCUT2D eigenvalue weighted by atomic mass is 9.99. The fraction of sp³-hybridized carbons (Fsp3) is 0.333. The maximum Gasteiger partial charge on any atom is 0.247 e. The number of thioether (sulfide) groups is 1. The summed E-state index contributed by atoms with van der Waals surface area (Å²) in [5, 5.41) is 9.33. The number of benzene rings is 2. The van der Waals surface area contributed by atoms with Crippen LogP contribution < -0.4 is 9.64 Å². The topological polar surface area (TPSA) is 68.2 Å². The van der Waals surface area contributed by atoms with E-state index in [1.807, 2.05) is 32.9 Å². The first-order valence-electron chi connectivity index (χ1n) is 10.3. The molecule has 2 aromatic carbocycles. The summed E-state index contributed by atoms with van der Waals surface area (Å²) in [6, 6.07) is 10.2. The molecule has 1 aromatic heterocycles. The van der Waals surface area contributed by atoms with Gasteiger partial charge in [-0.2, -0.15) is 4.98 Å². The van der Waals surface area contributed by atoms with Crippen molar-refractivity contribution >= 4 is 23.4 Å². The number of amides is 1. The SMILES string of the molecule is CCSc1nnc2c(n1)O[C@H](c1ccc(C)c(C)c1)N(C(C)=O)c1c(C)cc(C)cc1-2. The number of rotatable bonds is 3. The molecule has 0 saturated heterocycles. The van der Waals surface area contributed by atoms with Gasteiger partial charge in [-0.1, -0.05) is 48.5 Å². The van der Waals surface area contributed by atoms with Crippen molar-refractivity contribution in [1.29, 1.82) is 0 Å². The molecule has 0 bridgehead atoms. The van der Waals surface area contributed by atoms with Gasteiger partial charge < -0.3 is 4.74 Å². The van der Waals surface area contributed by atoms with E-state index in [1.54, 1.807) is 11.8 Å². The highest BCUT2D eigenvalue weighted by molar-refractivity contribution is 7.99. The maximum atomic E-state index is 13.0. The molecule has 4 rings (SSSR count). The number of nitrogens with zero attached hydrogens (tertiary/aromatic N) is 4. The van der Waals surface area contributed by atoms with Gasteiger partial charge in [0.25, 0.3) is 0 Å². The zero-order valence-electron chi connectivity index (χ0n) is 18.7. The summed E-state index contributed by atoms with van der Waals surface area (Å²) in [5.41, 5.74) is 7.41. The first-order valence-corrected chi connectivity index (χ1v) is 11.3. The molecule has 6 nitrogen and oxygen atoms in total. The van der Waals surface area contributed by atoms with Crippen LogP contribution in [0.2, 0.25) is 0 Å². The van der Waals surface area contributed by atoms with E-state index in [9.17, 15) is 4.79 Å². The van der Waals surface area contributed by atoms with E-state index in [4.69, 9.17) is 4.74 Å². The Labute approximate surface area is 187 Å². The zero-order chi connectivity index (χ0) is 22.3. The van der Waals surface area contributed by atoms with Crippen molar-refractivity contribution in [2.45, 2.75) is 52.9 Å². The average molecular weight is 435 g/mol. The van der Waals surface area contributed by atoms with Crippen molar-refractivity contribution < 1.29 is 9.53 Å². The third-order valence-corrected chi connectivity index (χ3v) is 6.18. The van der Waals surface area contributed by atoms with Gasteiger partial charge in [0, 0.05) is 18.1 Å². The molecular formula is C24H26N4O2S. The van der Waals surface area contributed by atoms with Crippen LogP contribution in [0.4, 0.5) is 5.69 Å². The molecule has 0 unspecified atom stereocenters. The summed E-state index contributed by atoms with van der Waals surface area (Å²) in [5.74, 6) is 1.11. The maximum absolute atomic E-state index is 13.0. The van der Waals surface area contributed by atoms with Gasteiger partial charge >= 0.3 is 0 Å². The Morgan fingerprint density at radius 3 is 2.52 bits per heavy atom. The molecule has 0 fully saturated rings. The second-order valence-corrected chi connectivity index (χ2v) is 9.09. The van der Waals surface area contributed by atoms with E-state index in [1.165, 1.54) is 17.3 Å². The largest absolute Gasteiger partial charge is 0.447 e. The van der Waals surface area contributed by atoms with Crippen LogP contribution in [-0.4, -0.2) is 26.8 Å². The number of hydrogen-bond donors (Lipinski definition) is 0. The first kappa shape index (κ1) is 21.3. The van der Waals surface area contributed by atoms with Crippen LogP contribution in [0.15, 0.2) is 35.5 Å². The number of fused-ring (bicyclic) bond motifs is 3. The fourth-order valence-corrected chi connectivity index (χ4v) is 4.44. The lowest BCUT2D eigenvalue weighted by molar-refractivity contribution is -0.118. The summed E-state index contributed by atoms with van der Waals surface area (Å²) in [6.07, 6.45) is -0.658. The molecule has 1 atom stereocenters. The van der Waals surface area contributed by atoms with Gasteiger partial charge in [0.1, 0.15) is 0 Å². The van der Waals surface area contributed by atoms with E-state index in [0.29, 0.717) is 16.7 Å². The smallest absolute Gasteiger partial charge is 0.247 e. The van der Waals surface area contributed by atoms with E-state index in [0.717, 1.165) is 39.3 Å². The summed E-state index contributed by atoms with van der Waals surface area (Å²) in [6.45, 7) is 11.8. The van der Waals surface area contributed by atoms with Crippen molar-refractivity contribution in [3.63, 3.8) is 0 Å². The minimum absolute atomic E-state index is 0.111. The predicted molar refractivity (Wildman–Crippen MR) is 124 cm³/mol. The van der Waals surface area contributed by atoms with Crippen molar-refractivity contribution in [1.82, 2.24) is 15.2 Å². The molecule has 1 amide bonds. The first-order chi connectivity index (χ1) is 14.8. The summed E-state index contributed by atoms with van der Waals surface area (Å²) in [4.78, 5) is 19.4. The van der Waals surface area contributed by atoms with Crippen LogP contribution in [0.1, 0.15) is 47.9 Å². The summed E-state index contributed by atoms with van der Waals surface area (Å²) in [7, 11) is 0. The molecule has 7 heteroatoms. The fourth-order valence-electron chi connectivity index (χ4n) is 3.93. The van der Waals surface area contributed by atoms with Gasteiger partial charge in [0.15, 0.2) is 5.69 Å². The molecule has 1 aliphatic rings. The summed E-state index contributed by atoms with van der Waals surface area (Å²) >= 11 is 1.51. The van der Waals surface area contributed by atoms with E-state index in [2.05, 4.69) is 47.2 Å². The van der Waals surface area contributed by atoms with Crippen molar-refractivity contribution in [3.05, 3.63) is 58.1 Å². The van der Waals surface area contributed by atoms with Crippen LogP contribution in [-0.2, 0) is 4.79 Å². The summed E-state index contributed by atoms with van der Waals surface area (Å²) < 4.78 is 6.45. The normalized spacial score (nSPS) is 15.0. The van der Waals surface area contributed by atoms with Gasteiger partial charge in [-0.05, 0) is 56.2 Å². The number of ether oxygens (including phenoxy) is 1. The van der Waals surface area contributed by atoms with Gasteiger partial charge in [0.05, 0.1) is 5.69 Å². The molecule has 160 valence electrons. The number of anilines is 1. The second kappa shape index (κ2) is 8.30. The Morgan fingerprint density at radius 1 is 1.06 bits per heavy atom. The van der Waals surface area contributed by atoms with Gasteiger partial charge in [-0.3, -0.25) is 9.69 Å². The van der Waals surface area contributed by atoms with Crippen LogP contribution in [0.5, 0.6) is 5.88 Å². The number of carbonyl (C=O) groups excluding carboxylic acids is 1. The monoisotopic (exact) mass is 434 g/mol. The Hall–Kier alpha value is -2.93. The second-order valence-electron chi connectivity index (χ2n) is 7.86. The minimum atomic E-state index is -0.658. The standard InChI is InChI=1S/C24H26N4O2S/c1-7-31-24-25-22-20(26-27-24)19-11-13(2)10-16(5)21(19)28(17(6)29)23(30-22)18-9-8-14(3)15(4)12-18/h8-12,23H,7H2,1-6H3/t23-/m1/s1. The molecule has 2 heterocycles. The number of aromatic nitrogens is 3. The third-order valence-electron chi connectivity index (χ3n) is 5.46. The quantitative estimate of drug-likeness (QED) is 0.519. The molecule has 0 N–H and O–H groups in total. The van der Waals surface area contributed by atoms with E-state index in [-0.39, 0.29) is 5.91 Å². The van der Waals surface area contributed by atoms with Crippen LogP contribution in [0.3, 0.4) is 0 Å². The van der Waals surface area contributed by atoms with Gasteiger partial charge in [-0.25, -0.2) is 0 Å². The zero-order valence-corrected chi connectivity index (χ0v) is 19.5. The highest BCUT2D eigenvalue weighted by Crippen LogP contribution is 2.45. The minimum Gasteiger partial charge on any atom is -0.447 e. The average Bonchev–Trinajstić information content (AvgIpc) is 2.85. The van der Waals surface area contributed by atoms with Crippen molar-refractivity contribution in [3.8, 4) is 17.1 Å². The van der Waals surface area contributed by atoms with Crippen molar-refractivity contribution in [2.24, 2.45) is 0 Å². The molecule has 3 aromatic rings. The van der Waals surface area contributed by atoms with Gasteiger partial charge in [-0.15, -0.1) is 10.2 Å². The molecule has 0 spiro atoms. The predicted octanol–water partition coefficient (Wildman–Crippen LogP) is 5.33. The Morgan fingerprint density at radius 2 is 1.84 bits per heavy atom. The number of aryl methyl sites for hydroxylation is 4.